The van der Waals surface area contributed by atoms with Crippen molar-refractivity contribution in [3.63, 3.8) is 0 Å². The summed E-state index contributed by atoms with van der Waals surface area (Å²) in [5.74, 6) is -0.362. The largest absolute Gasteiger partial charge is 0.378 e. The standard InChI is InChI=1S/C9H16N2O2/c1-6(9(10)12)3-7(2)11-8-4-13-5-8/h3,7-8,11H,4-5H2,1-2H3,(H2,10,12). The monoisotopic (exact) mass is 184 g/mol. The lowest BCUT2D eigenvalue weighted by Crippen LogP contribution is -2.49. The smallest absolute Gasteiger partial charge is 0.244 e. The first kappa shape index (κ1) is 10.2. The summed E-state index contributed by atoms with van der Waals surface area (Å²) in [7, 11) is 0. The van der Waals surface area contributed by atoms with Crippen LogP contribution in [0.3, 0.4) is 0 Å². The van der Waals surface area contributed by atoms with Crippen molar-refractivity contribution in [3.05, 3.63) is 11.6 Å². The summed E-state index contributed by atoms with van der Waals surface area (Å²) >= 11 is 0. The number of rotatable bonds is 4. The zero-order valence-corrected chi connectivity index (χ0v) is 8.04. The fourth-order valence-corrected chi connectivity index (χ4v) is 1.21. The second kappa shape index (κ2) is 4.39. The summed E-state index contributed by atoms with van der Waals surface area (Å²) in [6.45, 7) is 5.23. The predicted molar refractivity (Wildman–Crippen MR) is 50.2 cm³/mol. The van der Waals surface area contributed by atoms with Gasteiger partial charge in [0.1, 0.15) is 0 Å². The van der Waals surface area contributed by atoms with Crippen LogP contribution in [0.15, 0.2) is 11.6 Å². The molecule has 3 N–H and O–H groups in total. The van der Waals surface area contributed by atoms with Crippen LogP contribution in [0, 0.1) is 0 Å². The van der Waals surface area contributed by atoms with Gasteiger partial charge in [-0.25, -0.2) is 0 Å². The number of nitrogens with one attached hydrogen (secondary N) is 1. The van der Waals surface area contributed by atoms with Crippen molar-refractivity contribution in [1.29, 1.82) is 0 Å². The Labute approximate surface area is 78.1 Å². The molecule has 0 radical (unpaired) electrons. The summed E-state index contributed by atoms with van der Waals surface area (Å²) in [6, 6.07) is 0.591. The zero-order chi connectivity index (χ0) is 9.84. The molecule has 4 heteroatoms. The summed E-state index contributed by atoms with van der Waals surface area (Å²) in [6.07, 6.45) is 1.83. The molecule has 1 fully saturated rings. The third-order valence-electron chi connectivity index (χ3n) is 2.03. The Hall–Kier alpha value is -0.870. The number of hydrogen-bond acceptors (Lipinski definition) is 3. The Bertz CT molecular complexity index is 222. The Morgan fingerprint density at radius 3 is 2.69 bits per heavy atom. The van der Waals surface area contributed by atoms with Gasteiger partial charge >= 0.3 is 0 Å². The minimum absolute atomic E-state index is 0.168. The van der Waals surface area contributed by atoms with Crippen molar-refractivity contribution >= 4 is 5.91 Å². The van der Waals surface area contributed by atoms with Gasteiger partial charge in [-0.05, 0) is 13.8 Å². The lowest BCUT2D eigenvalue weighted by molar-refractivity contribution is -0.114. The summed E-state index contributed by atoms with van der Waals surface area (Å²) in [4.78, 5) is 10.7. The predicted octanol–water partition coefficient (Wildman–Crippen LogP) is -0.205. The van der Waals surface area contributed by atoms with E-state index in [1.54, 1.807) is 6.92 Å². The van der Waals surface area contributed by atoms with Gasteiger partial charge in [0.2, 0.25) is 5.91 Å². The van der Waals surface area contributed by atoms with Crippen LogP contribution in [0.2, 0.25) is 0 Å². The van der Waals surface area contributed by atoms with Gasteiger partial charge in [-0.1, -0.05) is 6.08 Å². The molecule has 13 heavy (non-hydrogen) atoms. The second-order valence-electron chi connectivity index (χ2n) is 3.40. The first-order valence-electron chi connectivity index (χ1n) is 4.41. The van der Waals surface area contributed by atoms with Crippen molar-refractivity contribution in [3.8, 4) is 0 Å². The van der Waals surface area contributed by atoms with Gasteiger partial charge in [0.05, 0.1) is 19.3 Å². The van der Waals surface area contributed by atoms with E-state index < -0.39 is 0 Å². The average molecular weight is 184 g/mol. The highest BCUT2D eigenvalue weighted by molar-refractivity contribution is 5.91. The maximum Gasteiger partial charge on any atom is 0.244 e. The maximum atomic E-state index is 10.7. The fraction of sp³-hybridized carbons (Fsp3) is 0.667. The molecule has 1 aliphatic heterocycles. The molecule has 0 bridgehead atoms. The Kier molecular flexibility index (Phi) is 3.45. The average Bonchev–Trinajstić information content (AvgIpc) is 1.96. The van der Waals surface area contributed by atoms with Gasteiger partial charge in [-0.2, -0.15) is 0 Å². The Balaban J connectivity index is 2.33. The van der Waals surface area contributed by atoms with Crippen LogP contribution in [0.25, 0.3) is 0 Å². The molecule has 0 aromatic rings. The number of nitrogens with two attached hydrogens (primary N) is 1. The van der Waals surface area contributed by atoms with E-state index in [0.29, 0.717) is 11.6 Å². The normalized spacial score (nSPS) is 20.9. The van der Waals surface area contributed by atoms with Crippen molar-refractivity contribution in [2.45, 2.75) is 25.9 Å². The van der Waals surface area contributed by atoms with Crippen LogP contribution in [0.4, 0.5) is 0 Å². The second-order valence-corrected chi connectivity index (χ2v) is 3.40. The third kappa shape index (κ3) is 3.16. The van der Waals surface area contributed by atoms with Gasteiger partial charge in [0.25, 0.3) is 0 Å². The summed E-state index contributed by atoms with van der Waals surface area (Å²) in [5.41, 5.74) is 5.70. The molecule has 1 unspecified atom stereocenters. The maximum absolute atomic E-state index is 10.7. The van der Waals surface area contributed by atoms with Crippen LogP contribution in [0.1, 0.15) is 13.8 Å². The number of amides is 1. The highest BCUT2D eigenvalue weighted by Crippen LogP contribution is 2.03. The molecular formula is C9H16N2O2. The molecule has 74 valence electrons. The van der Waals surface area contributed by atoms with E-state index in [0.717, 1.165) is 13.2 Å². The van der Waals surface area contributed by atoms with Crippen LogP contribution in [-0.2, 0) is 9.53 Å². The zero-order valence-electron chi connectivity index (χ0n) is 8.04. The summed E-state index contributed by atoms with van der Waals surface area (Å²) in [5, 5.41) is 3.29. The molecule has 1 aliphatic rings. The van der Waals surface area contributed by atoms with E-state index in [1.807, 2.05) is 13.0 Å². The SMILES string of the molecule is CC(=CC(C)NC1COC1)C(N)=O. The van der Waals surface area contributed by atoms with E-state index in [1.165, 1.54) is 0 Å². The Morgan fingerprint density at radius 2 is 2.31 bits per heavy atom. The molecule has 1 amide bonds. The number of hydrogen-bond donors (Lipinski definition) is 2. The molecule has 1 saturated heterocycles. The lowest BCUT2D eigenvalue weighted by atomic mass is 10.1. The van der Waals surface area contributed by atoms with Crippen molar-refractivity contribution in [2.75, 3.05) is 13.2 Å². The molecule has 1 atom stereocenters. The Morgan fingerprint density at radius 1 is 1.69 bits per heavy atom. The molecule has 0 aromatic carbocycles. The quantitative estimate of drug-likeness (QED) is 0.594. The number of carbonyl (C=O) groups is 1. The van der Waals surface area contributed by atoms with E-state index >= 15 is 0 Å². The highest BCUT2D eigenvalue weighted by atomic mass is 16.5. The van der Waals surface area contributed by atoms with E-state index in [9.17, 15) is 4.79 Å². The van der Waals surface area contributed by atoms with Gasteiger partial charge in [0, 0.05) is 11.6 Å². The molecule has 1 rings (SSSR count). The van der Waals surface area contributed by atoms with Crippen molar-refractivity contribution in [2.24, 2.45) is 5.73 Å². The molecule has 0 aliphatic carbocycles. The van der Waals surface area contributed by atoms with Crippen molar-refractivity contribution < 1.29 is 9.53 Å². The highest BCUT2D eigenvalue weighted by Gasteiger charge is 2.19. The van der Waals surface area contributed by atoms with Crippen LogP contribution >= 0.6 is 0 Å². The molecule has 4 nitrogen and oxygen atoms in total. The topological polar surface area (TPSA) is 64.3 Å². The lowest BCUT2D eigenvalue weighted by Gasteiger charge is -2.29. The minimum atomic E-state index is -0.362. The third-order valence-corrected chi connectivity index (χ3v) is 2.03. The summed E-state index contributed by atoms with van der Waals surface area (Å²) < 4.78 is 5.01. The molecular weight excluding hydrogens is 168 g/mol. The first-order valence-corrected chi connectivity index (χ1v) is 4.41. The molecule has 1 heterocycles. The first-order chi connectivity index (χ1) is 6.09. The van der Waals surface area contributed by atoms with Gasteiger partial charge in [-0.15, -0.1) is 0 Å². The van der Waals surface area contributed by atoms with Gasteiger partial charge in [0.15, 0.2) is 0 Å². The van der Waals surface area contributed by atoms with Gasteiger partial charge in [-0.3, -0.25) is 4.79 Å². The molecule has 0 spiro atoms. The fourth-order valence-electron chi connectivity index (χ4n) is 1.21. The van der Waals surface area contributed by atoms with Crippen LogP contribution in [0.5, 0.6) is 0 Å². The number of ether oxygens (including phenoxy) is 1. The number of carbonyl (C=O) groups excluding carboxylic acids is 1. The number of primary amides is 1. The van der Waals surface area contributed by atoms with E-state index in [-0.39, 0.29) is 11.9 Å². The van der Waals surface area contributed by atoms with Crippen LogP contribution in [-0.4, -0.2) is 31.2 Å². The van der Waals surface area contributed by atoms with E-state index in [4.69, 9.17) is 10.5 Å². The molecule has 0 saturated carbocycles. The minimum Gasteiger partial charge on any atom is -0.378 e. The van der Waals surface area contributed by atoms with Crippen LogP contribution < -0.4 is 11.1 Å². The van der Waals surface area contributed by atoms with Gasteiger partial charge < -0.3 is 15.8 Å². The van der Waals surface area contributed by atoms with E-state index in [2.05, 4.69) is 5.32 Å². The van der Waals surface area contributed by atoms with Crippen molar-refractivity contribution in [1.82, 2.24) is 5.32 Å². The molecule has 0 aromatic heterocycles.